The van der Waals surface area contributed by atoms with Crippen molar-refractivity contribution < 1.29 is 19.7 Å². The number of fused-ring (bicyclic) bond motifs is 2. The fourth-order valence-corrected chi connectivity index (χ4v) is 6.67. The van der Waals surface area contributed by atoms with Crippen LogP contribution in [0.4, 0.5) is 0 Å². The van der Waals surface area contributed by atoms with Gasteiger partial charge in [-0.05, 0) is 61.8 Å². The number of Topliss-reactive ketones (excluding diaryl/α,β-unsaturated/α-hetero) is 1. The monoisotopic (exact) mass is 388 g/mol. The number of aromatic amines is 1. The molecule has 29 heavy (non-hydrogen) atoms. The number of aromatic nitrogens is 1. The van der Waals surface area contributed by atoms with Crippen LogP contribution in [0.15, 0.2) is 36.5 Å². The lowest BCUT2D eigenvalue weighted by Gasteiger charge is -2.62. The van der Waals surface area contributed by atoms with Gasteiger partial charge in [0.15, 0.2) is 17.6 Å². The molecule has 0 radical (unpaired) electrons. The van der Waals surface area contributed by atoms with Crippen molar-refractivity contribution in [1.82, 2.24) is 9.88 Å². The predicted molar refractivity (Wildman–Crippen MR) is 105 cm³/mol. The third-order valence-corrected chi connectivity index (χ3v) is 7.92. The van der Waals surface area contributed by atoms with Crippen molar-refractivity contribution >= 4 is 16.7 Å². The highest BCUT2D eigenvalue weighted by atomic mass is 16.5. The summed E-state index contributed by atoms with van der Waals surface area (Å²) in [5.41, 5.74) is 1.84. The second kappa shape index (κ2) is 4.66. The Hall–Kier alpha value is -2.83. The van der Waals surface area contributed by atoms with E-state index in [0.29, 0.717) is 29.7 Å². The van der Waals surface area contributed by atoms with Crippen LogP contribution < -0.4 is 4.74 Å². The second-order valence-electron chi connectivity index (χ2n) is 8.96. The standard InChI is InChI=1S/C23H20N2O4/c1-25-7-5-22-18-12-2-3-16(26)20(18)29-21(22)19(27)13-8-11-4-6-24-15(11)10-14(13)23(22,28)17(25)9-12/h2-4,6,8,10,17,21,24,26,28H,5,7,9H2,1H3/t17?,21-,22-,23+/m0/s1. The number of rotatable bonds is 0. The van der Waals surface area contributed by atoms with Crippen molar-refractivity contribution in [3.8, 4) is 11.5 Å². The topological polar surface area (TPSA) is 85.8 Å². The highest BCUT2D eigenvalue weighted by Gasteiger charge is 2.74. The number of phenolic OH excluding ortho intramolecular Hbond substituents is 1. The Bertz CT molecular complexity index is 1260. The van der Waals surface area contributed by atoms with E-state index in [2.05, 4.69) is 9.88 Å². The zero-order valence-electron chi connectivity index (χ0n) is 15.9. The summed E-state index contributed by atoms with van der Waals surface area (Å²) in [5.74, 6) is 0.302. The summed E-state index contributed by atoms with van der Waals surface area (Å²) in [6, 6.07) is 9.12. The molecule has 2 aromatic carbocycles. The van der Waals surface area contributed by atoms with Crippen LogP contribution in [0, 0.1) is 0 Å². The van der Waals surface area contributed by atoms with Gasteiger partial charge >= 0.3 is 0 Å². The minimum atomic E-state index is -1.28. The van der Waals surface area contributed by atoms with E-state index in [1.165, 1.54) is 0 Å². The number of ketones is 1. The van der Waals surface area contributed by atoms with E-state index in [0.717, 1.165) is 28.6 Å². The quantitative estimate of drug-likeness (QED) is 0.550. The first-order valence-corrected chi connectivity index (χ1v) is 10.1. The molecule has 1 spiro atoms. The van der Waals surface area contributed by atoms with Crippen molar-refractivity contribution in [1.29, 1.82) is 0 Å². The number of hydrogen-bond acceptors (Lipinski definition) is 5. The van der Waals surface area contributed by atoms with E-state index < -0.39 is 17.1 Å². The van der Waals surface area contributed by atoms with Crippen molar-refractivity contribution in [3.05, 3.63) is 58.8 Å². The molecule has 4 atom stereocenters. The number of carbonyl (C=O) groups excluding carboxylic acids is 1. The maximum Gasteiger partial charge on any atom is 0.204 e. The van der Waals surface area contributed by atoms with Gasteiger partial charge in [0.25, 0.3) is 0 Å². The Balaban J connectivity index is 1.66. The summed E-state index contributed by atoms with van der Waals surface area (Å²) in [5, 5.41) is 24.0. The first kappa shape index (κ1) is 16.0. The number of nitrogens with zero attached hydrogens (tertiary/aromatic N) is 1. The molecule has 2 aliphatic heterocycles. The second-order valence-corrected chi connectivity index (χ2v) is 8.96. The molecule has 1 aromatic heterocycles. The molecule has 4 aliphatic rings. The molecule has 146 valence electrons. The van der Waals surface area contributed by atoms with Gasteiger partial charge in [0.2, 0.25) is 5.78 Å². The van der Waals surface area contributed by atoms with Gasteiger partial charge in [-0.15, -0.1) is 0 Å². The third kappa shape index (κ3) is 1.49. The molecular formula is C23H20N2O4. The SMILES string of the molecule is CN1CC[C@]23c4c5ccc(O)c4O[C@H]2C(=O)c2cc4cc[nH]c4cc2[C@@]3(O)C1C5. The molecular weight excluding hydrogens is 368 g/mol. The van der Waals surface area contributed by atoms with Gasteiger partial charge in [0, 0.05) is 34.3 Å². The van der Waals surface area contributed by atoms with E-state index in [1.54, 1.807) is 6.07 Å². The van der Waals surface area contributed by atoms with Gasteiger partial charge in [0.05, 0.1) is 5.41 Å². The average molecular weight is 388 g/mol. The van der Waals surface area contributed by atoms with Gasteiger partial charge in [-0.3, -0.25) is 9.69 Å². The number of phenols is 1. The average Bonchev–Trinajstić information content (AvgIpc) is 3.31. The Kier molecular flexibility index (Phi) is 2.57. The van der Waals surface area contributed by atoms with Crippen LogP contribution in [0.3, 0.4) is 0 Å². The molecule has 2 bridgehead atoms. The normalized spacial score (nSPS) is 34.1. The summed E-state index contributed by atoms with van der Waals surface area (Å²) < 4.78 is 6.19. The fourth-order valence-electron chi connectivity index (χ4n) is 6.67. The number of H-pyrrole nitrogens is 1. The molecule has 7 rings (SSSR count). The Labute approximate surface area is 166 Å². The van der Waals surface area contributed by atoms with Gasteiger partial charge in [-0.1, -0.05) is 6.07 Å². The molecule has 6 heteroatoms. The summed E-state index contributed by atoms with van der Waals surface area (Å²) in [6.45, 7) is 0.759. The van der Waals surface area contributed by atoms with Crippen molar-refractivity contribution in [2.24, 2.45) is 0 Å². The fraction of sp³-hybridized carbons (Fsp3) is 0.348. The lowest BCUT2D eigenvalue weighted by Crippen LogP contribution is -2.74. The van der Waals surface area contributed by atoms with E-state index in [9.17, 15) is 15.0 Å². The molecule has 6 nitrogen and oxygen atoms in total. The predicted octanol–water partition coefficient (Wildman–Crippen LogP) is 2.22. The van der Waals surface area contributed by atoms with E-state index >= 15 is 0 Å². The van der Waals surface area contributed by atoms with Crippen LogP contribution in [0.5, 0.6) is 11.5 Å². The molecule has 0 amide bonds. The van der Waals surface area contributed by atoms with Crippen LogP contribution in [0.2, 0.25) is 0 Å². The van der Waals surface area contributed by atoms with E-state index in [4.69, 9.17) is 4.74 Å². The molecule has 3 heterocycles. The van der Waals surface area contributed by atoms with Crippen LogP contribution in [-0.4, -0.2) is 51.6 Å². The molecule has 1 fully saturated rings. The summed E-state index contributed by atoms with van der Waals surface area (Å²) in [7, 11) is 2.04. The number of piperidine rings is 1. The number of aromatic hydroxyl groups is 1. The van der Waals surface area contributed by atoms with Crippen molar-refractivity contribution in [2.45, 2.75) is 36.0 Å². The number of likely N-dealkylation sites (tertiary alicyclic amines) is 1. The lowest BCUT2D eigenvalue weighted by atomic mass is 9.47. The summed E-state index contributed by atoms with van der Waals surface area (Å²) >= 11 is 0. The number of ether oxygens (including phenoxy) is 1. The van der Waals surface area contributed by atoms with Gasteiger partial charge < -0.3 is 19.9 Å². The van der Waals surface area contributed by atoms with Crippen LogP contribution in [0.25, 0.3) is 10.9 Å². The summed E-state index contributed by atoms with van der Waals surface area (Å²) in [4.78, 5) is 19.1. The number of aliphatic hydroxyl groups is 1. The van der Waals surface area contributed by atoms with Gasteiger partial charge in [-0.2, -0.15) is 0 Å². The minimum absolute atomic E-state index is 0.0382. The van der Waals surface area contributed by atoms with E-state index in [-0.39, 0.29) is 17.6 Å². The first-order valence-electron chi connectivity index (χ1n) is 10.1. The maximum atomic E-state index is 13.7. The lowest BCUT2D eigenvalue weighted by molar-refractivity contribution is -0.164. The molecule has 3 aromatic rings. The third-order valence-electron chi connectivity index (χ3n) is 7.92. The maximum absolute atomic E-state index is 13.7. The summed E-state index contributed by atoms with van der Waals surface area (Å²) in [6.07, 6.45) is 2.26. The van der Waals surface area contributed by atoms with Crippen LogP contribution in [-0.2, 0) is 17.4 Å². The minimum Gasteiger partial charge on any atom is -0.504 e. The molecule has 3 N–H and O–H groups in total. The molecule has 1 saturated heterocycles. The molecule has 1 unspecified atom stereocenters. The Morgan fingerprint density at radius 3 is 3.00 bits per heavy atom. The highest BCUT2D eigenvalue weighted by Crippen LogP contribution is 2.67. The smallest absolute Gasteiger partial charge is 0.204 e. The van der Waals surface area contributed by atoms with Gasteiger partial charge in [0.1, 0.15) is 5.60 Å². The molecule has 0 saturated carbocycles. The first-order chi connectivity index (χ1) is 14.0. The number of nitrogens with one attached hydrogen (secondary N) is 1. The van der Waals surface area contributed by atoms with Crippen LogP contribution >= 0.6 is 0 Å². The van der Waals surface area contributed by atoms with E-state index in [1.807, 2.05) is 37.5 Å². The highest BCUT2D eigenvalue weighted by molar-refractivity contribution is 6.08. The zero-order valence-corrected chi connectivity index (χ0v) is 15.9. The van der Waals surface area contributed by atoms with Crippen molar-refractivity contribution in [2.75, 3.05) is 13.6 Å². The van der Waals surface area contributed by atoms with Gasteiger partial charge in [-0.25, -0.2) is 0 Å². The van der Waals surface area contributed by atoms with Crippen molar-refractivity contribution in [3.63, 3.8) is 0 Å². The largest absolute Gasteiger partial charge is 0.504 e. The number of carbonyl (C=O) groups is 1. The Morgan fingerprint density at radius 1 is 1.28 bits per heavy atom. The Morgan fingerprint density at radius 2 is 2.14 bits per heavy atom. The molecule has 2 aliphatic carbocycles. The number of likely N-dealkylation sites (N-methyl/N-ethyl adjacent to an activating group) is 1. The number of benzene rings is 2. The zero-order chi connectivity index (χ0) is 19.7. The van der Waals surface area contributed by atoms with Crippen LogP contribution in [0.1, 0.15) is 33.5 Å². The number of hydrogen-bond donors (Lipinski definition) is 3.